The van der Waals surface area contributed by atoms with Crippen molar-refractivity contribution >= 4 is 16.1 Å². The number of urea groups is 1. The van der Waals surface area contributed by atoms with Crippen LogP contribution in [0.2, 0.25) is 0 Å². The summed E-state index contributed by atoms with van der Waals surface area (Å²) in [6.45, 7) is 3.99. The van der Waals surface area contributed by atoms with E-state index in [1.807, 2.05) is 30.3 Å². The van der Waals surface area contributed by atoms with E-state index in [0.29, 0.717) is 39.1 Å². The fraction of sp³-hybridized carbons (Fsp3) is 0.533. The molecule has 0 bridgehead atoms. The van der Waals surface area contributed by atoms with Crippen LogP contribution in [-0.4, -0.2) is 55.6 Å². The molecule has 0 radical (unpaired) electrons. The van der Waals surface area contributed by atoms with Gasteiger partial charge in [0.15, 0.2) is 0 Å². The van der Waals surface area contributed by atoms with Gasteiger partial charge in [-0.05, 0) is 18.9 Å². The molecule has 1 heterocycles. The van der Waals surface area contributed by atoms with Gasteiger partial charge in [-0.3, -0.25) is 0 Å². The molecule has 2 rings (SSSR count). The molecule has 1 saturated heterocycles. The van der Waals surface area contributed by atoms with Gasteiger partial charge in [0, 0.05) is 32.7 Å². The van der Waals surface area contributed by atoms with Crippen molar-refractivity contribution in [1.82, 2.24) is 14.5 Å². The van der Waals surface area contributed by atoms with Gasteiger partial charge in [0.1, 0.15) is 0 Å². The number of hydrogen-bond donors (Lipinski definition) is 1. The summed E-state index contributed by atoms with van der Waals surface area (Å²) < 4.78 is 25.3. The van der Waals surface area contributed by atoms with E-state index >= 15 is 0 Å². The Bertz CT molecular complexity index is 589. The topological polar surface area (TPSA) is 69.7 Å². The van der Waals surface area contributed by atoms with Crippen LogP contribution in [0.1, 0.15) is 18.9 Å². The fourth-order valence-electron chi connectivity index (χ4n) is 2.44. The van der Waals surface area contributed by atoms with E-state index in [9.17, 15) is 13.2 Å². The van der Waals surface area contributed by atoms with Gasteiger partial charge in [-0.15, -0.1) is 0 Å². The normalized spacial score (nSPS) is 17.0. The lowest BCUT2D eigenvalue weighted by Gasteiger charge is -2.22. The quantitative estimate of drug-likeness (QED) is 0.906. The van der Waals surface area contributed by atoms with Crippen molar-refractivity contribution in [1.29, 1.82) is 0 Å². The van der Waals surface area contributed by atoms with E-state index in [-0.39, 0.29) is 11.8 Å². The average molecular weight is 325 g/mol. The third-order valence-electron chi connectivity index (χ3n) is 3.79. The Morgan fingerprint density at radius 3 is 2.55 bits per heavy atom. The maximum absolute atomic E-state index is 12.2. The van der Waals surface area contributed by atoms with Gasteiger partial charge >= 0.3 is 6.03 Å². The third kappa shape index (κ3) is 4.45. The second-order valence-corrected chi connectivity index (χ2v) is 7.54. The Kier molecular flexibility index (Phi) is 5.79. The zero-order valence-electron chi connectivity index (χ0n) is 12.9. The summed E-state index contributed by atoms with van der Waals surface area (Å²) in [5, 5.41) is 2.88. The highest BCUT2D eigenvalue weighted by atomic mass is 32.2. The summed E-state index contributed by atoms with van der Waals surface area (Å²) in [7, 11) is -3.17. The molecular weight excluding hydrogens is 302 g/mol. The third-order valence-corrected chi connectivity index (χ3v) is 5.67. The van der Waals surface area contributed by atoms with Crippen LogP contribution in [0.4, 0.5) is 4.79 Å². The van der Waals surface area contributed by atoms with Crippen LogP contribution < -0.4 is 5.32 Å². The van der Waals surface area contributed by atoms with Gasteiger partial charge in [-0.25, -0.2) is 17.5 Å². The fourth-order valence-corrected chi connectivity index (χ4v) is 3.58. The summed E-state index contributed by atoms with van der Waals surface area (Å²) in [5.74, 6) is 0.104. The Labute approximate surface area is 132 Å². The predicted octanol–water partition coefficient (Wildman–Crippen LogP) is 1.25. The van der Waals surface area contributed by atoms with Crippen LogP contribution in [0.25, 0.3) is 0 Å². The molecule has 22 heavy (non-hydrogen) atoms. The molecule has 1 fully saturated rings. The average Bonchev–Trinajstić information content (AvgIpc) is 2.80. The number of nitrogens with one attached hydrogen (secondary N) is 1. The highest BCUT2D eigenvalue weighted by Crippen LogP contribution is 2.09. The molecule has 1 aromatic carbocycles. The van der Waals surface area contributed by atoms with Gasteiger partial charge < -0.3 is 10.2 Å². The Hall–Kier alpha value is -1.60. The molecule has 7 heteroatoms. The summed E-state index contributed by atoms with van der Waals surface area (Å²) in [5.41, 5.74) is 1.04. The van der Waals surface area contributed by atoms with Gasteiger partial charge in [0.25, 0.3) is 0 Å². The van der Waals surface area contributed by atoms with Gasteiger partial charge in [-0.1, -0.05) is 30.3 Å². The first-order chi connectivity index (χ1) is 10.5. The minimum absolute atomic E-state index is 0.104. The first kappa shape index (κ1) is 16.8. The molecule has 1 aliphatic rings. The van der Waals surface area contributed by atoms with Gasteiger partial charge in [0.05, 0.1) is 5.75 Å². The smallest absolute Gasteiger partial charge is 0.317 e. The molecule has 6 nitrogen and oxygen atoms in total. The minimum atomic E-state index is -3.17. The molecule has 0 aromatic heterocycles. The lowest BCUT2D eigenvalue weighted by atomic mass is 10.2. The van der Waals surface area contributed by atoms with Gasteiger partial charge in [0.2, 0.25) is 10.0 Å². The molecule has 1 N–H and O–H groups in total. The van der Waals surface area contributed by atoms with E-state index in [4.69, 9.17) is 0 Å². The second-order valence-electron chi connectivity index (χ2n) is 5.28. The van der Waals surface area contributed by atoms with Crippen molar-refractivity contribution in [2.45, 2.75) is 19.9 Å². The second kappa shape index (κ2) is 7.60. The SMILES string of the molecule is CCS(=O)(=O)N1CCCN(C(=O)NCc2ccccc2)CC1. The van der Waals surface area contributed by atoms with Crippen molar-refractivity contribution in [3.8, 4) is 0 Å². The summed E-state index contributed by atoms with van der Waals surface area (Å²) >= 11 is 0. The standard InChI is InChI=1S/C15H23N3O3S/c1-2-22(20,21)18-10-6-9-17(11-12-18)15(19)16-13-14-7-4-3-5-8-14/h3-5,7-8H,2,6,9-13H2,1H3,(H,16,19). The molecule has 0 aliphatic carbocycles. The van der Waals surface area contributed by atoms with Crippen LogP contribution in [-0.2, 0) is 16.6 Å². The van der Waals surface area contributed by atoms with E-state index in [0.717, 1.165) is 5.56 Å². The largest absolute Gasteiger partial charge is 0.334 e. The predicted molar refractivity (Wildman–Crippen MR) is 85.9 cm³/mol. The zero-order chi connectivity index (χ0) is 16.0. The number of sulfonamides is 1. The monoisotopic (exact) mass is 325 g/mol. The van der Waals surface area contributed by atoms with Crippen molar-refractivity contribution in [3.63, 3.8) is 0 Å². The summed E-state index contributed by atoms with van der Waals surface area (Å²) in [6, 6.07) is 9.57. The molecule has 0 spiro atoms. The van der Waals surface area contributed by atoms with Crippen LogP contribution in [0, 0.1) is 0 Å². The Balaban J connectivity index is 1.87. The van der Waals surface area contributed by atoms with Crippen LogP contribution in [0.5, 0.6) is 0 Å². The Morgan fingerprint density at radius 2 is 1.86 bits per heavy atom. The van der Waals surface area contributed by atoms with E-state index in [2.05, 4.69) is 5.32 Å². The summed E-state index contributed by atoms with van der Waals surface area (Å²) in [4.78, 5) is 13.9. The zero-order valence-corrected chi connectivity index (χ0v) is 13.7. The number of carbonyl (C=O) groups excluding carboxylic acids is 1. The minimum Gasteiger partial charge on any atom is -0.334 e. The molecule has 1 aromatic rings. The number of carbonyl (C=O) groups is 1. The van der Waals surface area contributed by atoms with Crippen molar-refractivity contribution < 1.29 is 13.2 Å². The molecule has 0 unspecified atom stereocenters. The maximum atomic E-state index is 12.2. The van der Waals surface area contributed by atoms with Crippen molar-refractivity contribution in [3.05, 3.63) is 35.9 Å². The lowest BCUT2D eigenvalue weighted by Crippen LogP contribution is -2.42. The van der Waals surface area contributed by atoms with Crippen molar-refractivity contribution in [2.75, 3.05) is 31.9 Å². The number of nitrogens with zero attached hydrogens (tertiary/aromatic N) is 2. The van der Waals surface area contributed by atoms with E-state index < -0.39 is 10.0 Å². The van der Waals surface area contributed by atoms with Crippen molar-refractivity contribution in [2.24, 2.45) is 0 Å². The number of rotatable bonds is 4. The van der Waals surface area contributed by atoms with E-state index in [1.165, 1.54) is 4.31 Å². The number of amides is 2. The maximum Gasteiger partial charge on any atom is 0.317 e. The Morgan fingerprint density at radius 1 is 1.14 bits per heavy atom. The molecule has 2 amide bonds. The van der Waals surface area contributed by atoms with E-state index in [1.54, 1.807) is 11.8 Å². The molecule has 0 atom stereocenters. The lowest BCUT2D eigenvalue weighted by molar-refractivity contribution is 0.200. The van der Waals surface area contributed by atoms with Crippen LogP contribution in [0.3, 0.4) is 0 Å². The summed E-state index contributed by atoms with van der Waals surface area (Å²) in [6.07, 6.45) is 0.665. The van der Waals surface area contributed by atoms with Crippen LogP contribution >= 0.6 is 0 Å². The highest BCUT2D eigenvalue weighted by molar-refractivity contribution is 7.89. The molecule has 0 saturated carbocycles. The molecule has 1 aliphatic heterocycles. The molecule has 122 valence electrons. The van der Waals surface area contributed by atoms with Gasteiger partial charge in [-0.2, -0.15) is 0 Å². The number of benzene rings is 1. The first-order valence-corrected chi connectivity index (χ1v) is 9.18. The number of hydrogen-bond acceptors (Lipinski definition) is 3. The first-order valence-electron chi connectivity index (χ1n) is 7.57. The van der Waals surface area contributed by atoms with Crippen LogP contribution in [0.15, 0.2) is 30.3 Å². The molecular formula is C15H23N3O3S. The highest BCUT2D eigenvalue weighted by Gasteiger charge is 2.25.